The molecule has 1 unspecified atom stereocenters. The fraction of sp³-hybridized carbons (Fsp3) is 0.323. The number of alkyl carbamates (subject to hydrolysis) is 1. The maximum Gasteiger partial charge on any atom is 0.408 e. The third-order valence-corrected chi connectivity index (χ3v) is 5.69. The number of fused-ring (bicyclic) bond motifs is 1. The number of anilines is 1. The van der Waals surface area contributed by atoms with Crippen LogP contribution in [0.5, 0.6) is 0 Å². The van der Waals surface area contributed by atoms with Crippen molar-refractivity contribution in [1.82, 2.24) is 10.2 Å². The van der Waals surface area contributed by atoms with Gasteiger partial charge in [0.1, 0.15) is 18.2 Å². The van der Waals surface area contributed by atoms with Gasteiger partial charge in [0.25, 0.3) is 5.91 Å². The van der Waals surface area contributed by atoms with Crippen LogP contribution in [-0.2, 0) is 14.3 Å². The van der Waals surface area contributed by atoms with E-state index in [-0.39, 0.29) is 6.54 Å². The zero-order valence-corrected chi connectivity index (χ0v) is 22.8. The molecule has 0 fully saturated rings. The Morgan fingerprint density at radius 1 is 0.921 bits per heavy atom. The van der Waals surface area contributed by atoms with Gasteiger partial charge in [-0.1, -0.05) is 48.4 Å². The summed E-state index contributed by atoms with van der Waals surface area (Å²) in [6.45, 7) is 10.4. The minimum Gasteiger partial charge on any atom is -0.444 e. The van der Waals surface area contributed by atoms with Crippen LogP contribution in [0, 0.1) is 12.3 Å². The first-order valence-corrected chi connectivity index (χ1v) is 12.4. The Balaban J connectivity index is 1.96. The number of carbonyl (C=O) groups excluding carboxylic acids is 3. The van der Waals surface area contributed by atoms with E-state index in [2.05, 4.69) is 16.6 Å². The number of nitrogens with zero attached hydrogens (tertiary/aromatic N) is 1. The summed E-state index contributed by atoms with van der Waals surface area (Å²) in [7, 11) is 0. The highest BCUT2D eigenvalue weighted by atomic mass is 16.6. The lowest BCUT2D eigenvalue weighted by Crippen LogP contribution is -2.54. The summed E-state index contributed by atoms with van der Waals surface area (Å²) in [5.74, 6) is 1.73. The third kappa shape index (κ3) is 7.36. The van der Waals surface area contributed by atoms with E-state index in [1.165, 1.54) is 4.90 Å². The first-order chi connectivity index (χ1) is 17.8. The van der Waals surface area contributed by atoms with Gasteiger partial charge in [-0.3, -0.25) is 9.59 Å². The van der Waals surface area contributed by atoms with Crippen LogP contribution in [0.15, 0.2) is 66.7 Å². The van der Waals surface area contributed by atoms with E-state index >= 15 is 0 Å². The molecule has 0 bridgehead atoms. The summed E-state index contributed by atoms with van der Waals surface area (Å²) in [6.07, 6.45) is 4.81. The van der Waals surface area contributed by atoms with E-state index in [1.54, 1.807) is 45.0 Å². The molecule has 0 aliphatic carbocycles. The van der Waals surface area contributed by atoms with Gasteiger partial charge in [0.05, 0.1) is 0 Å². The lowest BCUT2D eigenvalue weighted by molar-refractivity contribution is -0.144. The Morgan fingerprint density at radius 2 is 1.55 bits per heavy atom. The number of hydrogen-bond donors (Lipinski definition) is 2. The van der Waals surface area contributed by atoms with Crippen molar-refractivity contribution in [2.75, 3.05) is 11.9 Å². The predicted octanol–water partition coefficient (Wildman–Crippen LogP) is 5.65. The van der Waals surface area contributed by atoms with Gasteiger partial charge in [-0.2, -0.15) is 0 Å². The molecule has 38 heavy (non-hydrogen) atoms. The maximum atomic E-state index is 13.9. The second-order valence-electron chi connectivity index (χ2n) is 11.0. The first-order valence-electron chi connectivity index (χ1n) is 12.4. The number of nitrogens with one attached hydrogen (secondary N) is 2. The lowest BCUT2D eigenvalue weighted by Gasteiger charge is -2.41. The van der Waals surface area contributed by atoms with Crippen molar-refractivity contribution in [3.8, 4) is 12.3 Å². The van der Waals surface area contributed by atoms with Crippen molar-refractivity contribution in [1.29, 1.82) is 0 Å². The molecule has 3 amide bonds. The van der Waals surface area contributed by atoms with Crippen LogP contribution in [0.4, 0.5) is 10.5 Å². The zero-order chi connectivity index (χ0) is 28.1. The second kappa shape index (κ2) is 11.4. The van der Waals surface area contributed by atoms with Crippen molar-refractivity contribution in [2.24, 2.45) is 0 Å². The van der Waals surface area contributed by atoms with Crippen LogP contribution < -0.4 is 10.6 Å². The van der Waals surface area contributed by atoms with Crippen LogP contribution in [-0.4, -0.2) is 40.5 Å². The predicted molar refractivity (Wildman–Crippen MR) is 151 cm³/mol. The molecule has 7 nitrogen and oxygen atoms in total. The Bertz CT molecular complexity index is 1360. The average Bonchev–Trinajstić information content (AvgIpc) is 2.84. The first kappa shape index (κ1) is 28.3. The van der Waals surface area contributed by atoms with E-state index in [9.17, 15) is 14.4 Å². The van der Waals surface area contributed by atoms with Crippen LogP contribution in [0.25, 0.3) is 10.8 Å². The Hall–Kier alpha value is -4.31. The van der Waals surface area contributed by atoms with Gasteiger partial charge in [-0.15, -0.1) is 6.42 Å². The topological polar surface area (TPSA) is 87.7 Å². The zero-order valence-electron chi connectivity index (χ0n) is 22.8. The third-order valence-electron chi connectivity index (χ3n) is 5.69. The number of carbonyl (C=O) groups is 3. The van der Waals surface area contributed by atoms with Crippen LogP contribution in [0.2, 0.25) is 0 Å². The second-order valence-corrected chi connectivity index (χ2v) is 11.0. The summed E-state index contributed by atoms with van der Waals surface area (Å²) in [5, 5.41) is 7.52. The molecule has 2 N–H and O–H groups in total. The minimum atomic E-state index is -0.999. The highest BCUT2D eigenvalue weighted by molar-refractivity contribution is 6.00. The molecule has 3 aromatic carbocycles. The minimum absolute atomic E-state index is 0.339. The Morgan fingerprint density at radius 3 is 2.13 bits per heavy atom. The molecular formula is C31H35N3O4. The van der Waals surface area contributed by atoms with E-state index in [0.29, 0.717) is 16.8 Å². The summed E-state index contributed by atoms with van der Waals surface area (Å²) >= 11 is 0. The highest BCUT2D eigenvalue weighted by Crippen LogP contribution is 2.31. The van der Waals surface area contributed by atoms with Gasteiger partial charge in [0.2, 0.25) is 5.91 Å². The molecule has 3 aromatic rings. The molecule has 0 radical (unpaired) electrons. The van der Waals surface area contributed by atoms with Crippen molar-refractivity contribution in [2.45, 2.75) is 58.7 Å². The van der Waals surface area contributed by atoms with Crippen LogP contribution in [0.1, 0.15) is 58.7 Å². The summed E-state index contributed by atoms with van der Waals surface area (Å²) in [5.41, 5.74) is 0.360. The molecule has 0 aliphatic heterocycles. The molecule has 198 valence electrons. The van der Waals surface area contributed by atoms with Gasteiger partial charge < -0.3 is 20.3 Å². The fourth-order valence-electron chi connectivity index (χ4n) is 4.11. The van der Waals surface area contributed by atoms with Gasteiger partial charge in [-0.25, -0.2) is 4.79 Å². The van der Waals surface area contributed by atoms with E-state index < -0.39 is 35.1 Å². The molecule has 3 rings (SSSR count). The summed E-state index contributed by atoms with van der Waals surface area (Å²) in [6, 6.07) is 19.4. The molecule has 7 heteroatoms. The largest absolute Gasteiger partial charge is 0.444 e. The molecular weight excluding hydrogens is 478 g/mol. The van der Waals surface area contributed by atoms with E-state index in [0.717, 1.165) is 10.8 Å². The Kier molecular flexibility index (Phi) is 8.47. The molecule has 0 heterocycles. The van der Waals surface area contributed by atoms with Gasteiger partial charge in [-0.05, 0) is 82.1 Å². The van der Waals surface area contributed by atoms with Crippen molar-refractivity contribution >= 4 is 34.4 Å². The molecule has 0 aromatic heterocycles. The number of rotatable bonds is 6. The van der Waals surface area contributed by atoms with Gasteiger partial charge in [0.15, 0.2) is 0 Å². The van der Waals surface area contributed by atoms with Crippen LogP contribution >= 0.6 is 0 Å². The smallest absolute Gasteiger partial charge is 0.408 e. The number of terminal acetylenes is 1. The number of ether oxygens (including phenoxy) is 1. The molecule has 0 saturated heterocycles. The van der Waals surface area contributed by atoms with Crippen molar-refractivity contribution in [3.05, 3.63) is 77.9 Å². The number of benzene rings is 3. The summed E-state index contributed by atoms with van der Waals surface area (Å²) < 4.78 is 5.27. The lowest BCUT2D eigenvalue weighted by atomic mass is 9.95. The maximum absolute atomic E-state index is 13.9. The molecule has 0 spiro atoms. The van der Waals surface area contributed by atoms with Crippen molar-refractivity contribution < 1.29 is 19.1 Å². The molecule has 0 saturated carbocycles. The number of hydrogen-bond acceptors (Lipinski definition) is 4. The standard InChI is InChI=1S/C31H35N3O4/c1-8-21-13-15-23(16-14-21)27(28(36)33-25-18-17-22-11-9-10-12-24(22)19-25)34(30(2,3)4)26(35)20-32-29(37)38-31(5,6)7/h1,9-19,27H,20H2,2-7H3,(H,32,37)(H,33,36). The quantitative estimate of drug-likeness (QED) is 0.417. The molecule has 1 atom stereocenters. The monoisotopic (exact) mass is 513 g/mol. The normalized spacial score (nSPS) is 12.2. The average molecular weight is 514 g/mol. The van der Waals surface area contributed by atoms with Gasteiger partial charge in [0, 0.05) is 16.8 Å². The van der Waals surface area contributed by atoms with Crippen molar-refractivity contribution in [3.63, 3.8) is 0 Å². The van der Waals surface area contributed by atoms with Gasteiger partial charge >= 0.3 is 6.09 Å². The fourth-order valence-corrected chi connectivity index (χ4v) is 4.11. The van der Waals surface area contributed by atoms with E-state index in [4.69, 9.17) is 11.2 Å². The number of amides is 3. The van der Waals surface area contributed by atoms with E-state index in [1.807, 2.05) is 63.2 Å². The highest BCUT2D eigenvalue weighted by Gasteiger charge is 2.38. The Labute approximate surface area is 224 Å². The molecule has 0 aliphatic rings. The SMILES string of the molecule is C#Cc1ccc(C(C(=O)Nc2ccc3ccccc3c2)N(C(=O)CNC(=O)OC(C)(C)C)C(C)(C)C)cc1. The van der Waals surface area contributed by atoms with Crippen LogP contribution in [0.3, 0.4) is 0 Å². The summed E-state index contributed by atoms with van der Waals surface area (Å²) in [4.78, 5) is 41.1.